The van der Waals surface area contributed by atoms with Crippen molar-refractivity contribution in [1.29, 1.82) is 0 Å². The average Bonchev–Trinajstić information content (AvgIpc) is 3.46. The molecule has 15 heteroatoms. The highest BCUT2D eigenvalue weighted by atomic mass is 32.2. The Hall–Kier alpha value is -4.27. The second-order valence-corrected chi connectivity index (χ2v) is 11.6. The Bertz CT molecular complexity index is 1710. The Morgan fingerprint density at radius 1 is 1.18 bits per heavy atom. The van der Waals surface area contributed by atoms with Crippen LogP contribution in [0, 0.1) is 0 Å². The molecule has 5 rings (SSSR count). The largest absolute Gasteiger partial charge is 0.573 e. The lowest BCUT2D eigenvalue weighted by atomic mass is 9.92. The molecule has 1 amide bonds. The van der Waals surface area contributed by atoms with Crippen LogP contribution in [0.15, 0.2) is 61.3 Å². The molecular weight excluding hydrogens is 556 g/mol. The van der Waals surface area contributed by atoms with E-state index in [0.29, 0.717) is 33.5 Å². The monoisotopic (exact) mass is 578 g/mol. The molecule has 210 valence electrons. The molecule has 40 heavy (non-hydrogen) atoms. The van der Waals surface area contributed by atoms with Crippen LogP contribution in [0.25, 0.3) is 27.8 Å². The van der Waals surface area contributed by atoms with Crippen LogP contribution < -0.4 is 4.74 Å². The van der Waals surface area contributed by atoms with Crippen molar-refractivity contribution < 1.29 is 35.5 Å². The Labute approximate surface area is 225 Å². The van der Waals surface area contributed by atoms with Crippen molar-refractivity contribution in [1.82, 2.24) is 29.4 Å². The maximum atomic E-state index is 13.4. The van der Waals surface area contributed by atoms with Crippen LogP contribution in [0.5, 0.6) is 5.75 Å². The van der Waals surface area contributed by atoms with Crippen molar-refractivity contribution in [3.8, 4) is 22.6 Å². The van der Waals surface area contributed by atoms with E-state index in [2.05, 4.69) is 21.4 Å². The number of benzene rings is 1. The fraction of sp³-hybridized carbons (Fsp3) is 0.280. The first-order chi connectivity index (χ1) is 18.8. The van der Waals surface area contributed by atoms with Gasteiger partial charge in [-0.05, 0) is 35.9 Å². The molecule has 0 unspecified atom stereocenters. The quantitative estimate of drug-likeness (QED) is 0.232. The lowest BCUT2D eigenvalue weighted by molar-refractivity contribution is -0.274. The number of hydrogen-bond donors (Lipinski definition) is 0. The predicted molar refractivity (Wildman–Crippen MR) is 136 cm³/mol. The predicted octanol–water partition coefficient (Wildman–Crippen LogP) is 3.64. The summed E-state index contributed by atoms with van der Waals surface area (Å²) < 4.78 is 81.3. The first-order valence-electron chi connectivity index (χ1n) is 11.9. The molecule has 1 fully saturated rings. The first-order valence-corrected chi connectivity index (χ1v) is 13.9. The number of alkyl halides is 3. The van der Waals surface area contributed by atoms with Crippen LogP contribution in [0.4, 0.5) is 17.6 Å². The molecule has 0 aliphatic carbocycles. The Kier molecular flexibility index (Phi) is 6.85. The Morgan fingerprint density at radius 2 is 1.88 bits per heavy atom. The molecule has 0 radical (unpaired) electrons. The lowest BCUT2D eigenvalue weighted by Gasteiger charge is -2.38. The molecule has 4 heterocycles. The molecule has 4 aromatic rings. The van der Waals surface area contributed by atoms with E-state index in [1.165, 1.54) is 32.6 Å². The van der Waals surface area contributed by atoms with Gasteiger partial charge in [0.25, 0.3) is 5.91 Å². The van der Waals surface area contributed by atoms with Gasteiger partial charge in [-0.15, -0.1) is 13.2 Å². The van der Waals surface area contributed by atoms with Gasteiger partial charge in [0.1, 0.15) is 15.6 Å². The molecule has 0 atom stereocenters. The minimum atomic E-state index is -4.84. The second kappa shape index (κ2) is 10.0. The highest BCUT2D eigenvalue weighted by molar-refractivity contribution is 7.90. The maximum Gasteiger partial charge on any atom is 0.573 e. The van der Waals surface area contributed by atoms with E-state index in [-0.39, 0.29) is 31.3 Å². The van der Waals surface area contributed by atoms with E-state index in [1.807, 2.05) is 0 Å². The Balaban J connectivity index is 1.56. The van der Waals surface area contributed by atoms with Gasteiger partial charge in [0.2, 0.25) is 0 Å². The molecule has 0 spiro atoms. The van der Waals surface area contributed by atoms with Gasteiger partial charge in [-0.25, -0.2) is 22.5 Å². The molecule has 1 aliphatic heterocycles. The van der Waals surface area contributed by atoms with E-state index < -0.39 is 33.7 Å². The van der Waals surface area contributed by atoms with Crippen molar-refractivity contribution in [2.24, 2.45) is 0 Å². The third-order valence-corrected chi connectivity index (χ3v) is 7.26. The maximum absolute atomic E-state index is 13.4. The Morgan fingerprint density at radius 3 is 2.50 bits per heavy atom. The molecule has 0 bridgehead atoms. The minimum absolute atomic E-state index is 0.0943. The van der Waals surface area contributed by atoms with Gasteiger partial charge in [-0.2, -0.15) is 10.2 Å². The van der Waals surface area contributed by atoms with Gasteiger partial charge in [0.15, 0.2) is 11.5 Å². The summed E-state index contributed by atoms with van der Waals surface area (Å²) in [5.41, 5.74) is 2.67. The van der Waals surface area contributed by atoms with Gasteiger partial charge in [0, 0.05) is 43.2 Å². The molecule has 0 N–H and O–H groups in total. The molecule has 1 aliphatic rings. The number of amides is 1. The standard InChI is InChI=1S/C25H22F4N6O4S/c1-15(26)24(36)33-12-17(13-33)22-21-20(16-11-31-34(14-16)9-10-40(2,37)38)7-8-30-23(21)35(32-22)18-3-5-19(6-4-18)39-25(27,28)29/h3-8,11,14,17H,1,9-10,12-13H2,2H3. The van der Waals surface area contributed by atoms with Crippen LogP contribution in [-0.2, 0) is 21.2 Å². The van der Waals surface area contributed by atoms with Crippen LogP contribution in [-0.4, -0.2) is 75.2 Å². The van der Waals surface area contributed by atoms with Crippen molar-refractivity contribution in [3.63, 3.8) is 0 Å². The summed E-state index contributed by atoms with van der Waals surface area (Å²) in [6.07, 6.45) is 1.10. The number of pyridine rings is 1. The summed E-state index contributed by atoms with van der Waals surface area (Å²) in [5.74, 6) is -2.67. The summed E-state index contributed by atoms with van der Waals surface area (Å²) in [7, 11) is -3.21. The second-order valence-electron chi connectivity index (χ2n) is 9.33. The molecule has 1 aromatic carbocycles. The number of halogens is 4. The summed E-state index contributed by atoms with van der Waals surface area (Å²) in [6, 6.07) is 6.85. The topological polar surface area (TPSA) is 112 Å². The fourth-order valence-electron chi connectivity index (χ4n) is 4.44. The number of carbonyl (C=O) groups is 1. The van der Waals surface area contributed by atoms with Crippen LogP contribution in [0.1, 0.15) is 11.6 Å². The molecule has 1 saturated heterocycles. The fourth-order valence-corrected chi connectivity index (χ4v) is 4.96. The molecule has 0 saturated carbocycles. The average molecular weight is 579 g/mol. The van der Waals surface area contributed by atoms with Crippen molar-refractivity contribution in [3.05, 3.63) is 67.0 Å². The van der Waals surface area contributed by atoms with Gasteiger partial charge in [-0.3, -0.25) is 9.48 Å². The number of aryl methyl sites for hydroxylation is 1. The van der Waals surface area contributed by atoms with Crippen LogP contribution in [0.2, 0.25) is 0 Å². The van der Waals surface area contributed by atoms with E-state index in [1.54, 1.807) is 18.5 Å². The zero-order chi connectivity index (χ0) is 28.8. The lowest BCUT2D eigenvalue weighted by Crippen LogP contribution is -2.48. The van der Waals surface area contributed by atoms with E-state index >= 15 is 0 Å². The normalized spacial score (nSPS) is 14.4. The third-order valence-electron chi connectivity index (χ3n) is 6.33. The van der Waals surface area contributed by atoms with Gasteiger partial charge < -0.3 is 9.64 Å². The van der Waals surface area contributed by atoms with E-state index in [0.717, 1.165) is 18.4 Å². The van der Waals surface area contributed by atoms with Gasteiger partial charge in [-0.1, -0.05) is 6.58 Å². The van der Waals surface area contributed by atoms with Gasteiger partial charge >= 0.3 is 6.36 Å². The number of fused-ring (bicyclic) bond motifs is 1. The number of carbonyl (C=O) groups excluding carboxylic acids is 1. The third kappa shape index (κ3) is 5.68. The summed E-state index contributed by atoms with van der Waals surface area (Å²) in [6.45, 7) is 3.55. The summed E-state index contributed by atoms with van der Waals surface area (Å²) in [4.78, 5) is 17.8. The van der Waals surface area contributed by atoms with Crippen molar-refractivity contribution in [2.75, 3.05) is 25.1 Å². The number of ether oxygens (including phenoxy) is 1. The zero-order valence-corrected chi connectivity index (χ0v) is 21.8. The summed E-state index contributed by atoms with van der Waals surface area (Å²) in [5, 5.41) is 9.59. The molecular formula is C25H22F4N6O4S. The SMILES string of the molecule is C=C(F)C(=O)N1CC(c2nn(-c3ccc(OC(F)(F)F)cc3)c3nccc(-c4cnn(CCS(C)(=O)=O)c4)c23)C1. The molecule has 3 aromatic heterocycles. The smallest absolute Gasteiger partial charge is 0.406 e. The highest BCUT2D eigenvalue weighted by Crippen LogP contribution is 2.38. The highest BCUT2D eigenvalue weighted by Gasteiger charge is 2.37. The number of nitrogens with zero attached hydrogens (tertiary/aromatic N) is 6. The van der Waals surface area contributed by atoms with E-state index in [4.69, 9.17) is 5.10 Å². The first kappa shape index (κ1) is 27.3. The van der Waals surface area contributed by atoms with Crippen molar-refractivity contribution in [2.45, 2.75) is 18.8 Å². The summed E-state index contributed by atoms with van der Waals surface area (Å²) >= 11 is 0. The van der Waals surface area contributed by atoms with Crippen LogP contribution >= 0.6 is 0 Å². The number of sulfone groups is 1. The van der Waals surface area contributed by atoms with Crippen molar-refractivity contribution >= 4 is 26.8 Å². The molecule has 10 nitrogen and oxygen atoms in total. The van der Waals surface area contributed by atoms with Crippen LogP contribution in [0.3, 0.4) is 0 Å². The minimum Gasteiger partial charge on any atom is -0.406 e. The van der Waals surface area contributed by atoms with Gasteiger partial charge in [0.05, 0.1) is 35.3 Å². The number of aromatic nitrogens is 5. The van der Waals surface area contributed by atoms with E-state index in [9.17, 15) is 30.8 Å². The number of rotatable bonds is 8. The number of hydrogen-bond acceptors (Lipinski definition) is 7. The zero-order valence-electron chi connectivity index (χ0n) is 21.0. The number of likely N-dealkylation sites (tertiary alicyclic amines) is 1.